The summed E-state index contributed by atoms with van der Waals surface area (Å²) in [5.41, 5.74) is 0.522. The van der Waals surface area contributed by atoms with E-state index in [1.807, 2.05) is 0 Å². The standard InChI is InChI=1S/C12H16N6O3S2/c1-4-21-10(20)9-6(2)14-11(23-9)15-8(19)5-22-12-17-16-7(3)18(12)13/h4-5,13H2,1-3H3,(H,14,15,19). The van der Waals surface area contributed by atoms with Gasteiger partial charge in [0.1, 0.15) is 10.7 Å². The maximum absolute atomic E-state index is 11.9. The minimum Gasteiger partial charge on any atom is -0.462 e. The van der Waals surface area contributed by atoms with Crippen LogP contribution in [-0.2, 0) is 9.53 Å². The molecule has 0 saturated heterocycles. The Morgan fingerprint density at radius 2 is 2.13 bits per heavy atom. The van der Waals surface area contributed by atoms with Gasteiger partial charge >= 0.3 is 5.97 Å². The molecule has 0 aliphatic heterocycles. The molecule has 0 aromatic carbocycles. The van der Waals surface area contributed by atoms with Gasteiger partial charge in [0.05, 0.1) is 18.1 Å². The number of carbonyl (C=O) groups is 2. The number of nitrogens with one attached hydrogen (secondary N) is 1. The second kappa shape index (κ2) is 7.42. The van der Waals surface area contributed by atoms with Gasteiger partial charge in [-0.25, -0.2) is 14.5 Å². The van der Waals surface area contributed by atoms with E-state index >= 15 is 0 Å². The van der Waals surface area contributed by atoms with Crippen LogP contribution in [0.5, 0.6) is 0 Å². The van der Waals surface area contributed by atoms with Crippen molar-refractivity contribution in [3.63, 3.8) is 0 Å². The van der Waals surface area contributed by atoms with E-state index in [4.69, 9.17) is 10.6 Å². The van der Waals surface area contributed by atoms with Crippen LogP contribution in [0.4, 0.5) is 5.13 Å². The largest absolute Gasteiger partial charge is 0.462 e. The molecule has 124 valence electrons. The Labute approximate surface area is 140 Å². The summed E-state index contributed by atoms with van der Waals surface area (Å²) in [7, 11) is 0. The molecule has 11 heteroatoms. The third kappa shape index (κ3) is 4.20. The summed E-state index contributed by atoms with van der Waals surface area (Å²) in [5.74, 6) is 5.64. The van der Waals surface area contributed by atoms with Crippen LogP contribution in [0.15, 0.2) is 5.16 Å². The fourth-order valence-electron chi connectivity index (χ4n) is 1.57. The lowest BCUT2D eigenvalue weighted by Gasteiger charge is -2.01. The summed E-state index contributed by atoms with van der Waals surface area (Å²) < 4.78 is 6.24. The zero-order valence-electron chi connectivity index (χ0n) is 12.8. The summed E-state index contributed by atoms with van der Waals surface area (Å²) in [5, 5.41) is 11.1. The lowest BCUT2D eigenvalue weighted by Crippen LogP contribution is -2.16. The van der Waals surface area contributed by atoms with Gasteiger partial charge in [-0.15, -0.1) is 10.2 Å². The first-order valence-electron chi connectivity index (χ1n) is 6.66. The maximum atomic E-state index is 11.9. The van der Waals surface area contributed by atoms with Crippen LogP contribution in [0.1, 0.15) is 28.1 Å². The number of esters is 1. The molecule has 0 aliphatic rings. The molecule has 3 N–H and O–H groups in total. The molecular formula is C12H16N6O3S2. The molecule has 23 heavy (non-hydrogen) atoms. The van der Waals surface area contributed by atoms with E-state index < -0.39 is 5.97 Å². The number of aryl methyl sites for hydroxylation is 2. The van der Waals surface area contributed by atoms with Crippen molar-refractivity contribution < 1.29 is 14.3 Å². The first kappa shape index (κ1) is 17.2. The van der Waals surface area contributed by atoms with E-state index in [-0.39, 0.29) is 18.3 Å². The number of hydrogen-bond donors (Lipinski definition) is 2. The van der Waals surface area contributed by atoms with E-state index in [0.717, 1.165) is 23.1 Å². The molecule has 0 atom stereocenters. The Morgan fingerprint density at radius 1 is 1.39 bits per heavy atom. The van der Waals surface area contributed by atoms with Gasteiger partial charge in [-0.2, -0.15) is 0 Å². The molecule has 2 rings (SSSR count). The van der Waals surface area contributed by atoms with Crippen molar-refractivity contribution in [3.8, 4) is 0 Å². The lowest BCUT2D eigenvalue weighted by atomic mass is 10.4. The van der Waals surface area contributed by atoms with Gasteiger partial charge in [0, 0.05) is 0 Å². The fraction of sp³-hybridized carbons (Fsp3) is 0.417. The van der Waals surface area contributed by atoms with E-state index in [1.165, 1.54) is 4.68 Å². The molecule has 0 saturated carbocycles. The van der Waals surface area contributed by atoms with E-state index in [9.17, 15) is 9.59 Å². The number of ether oxygens (including phenoxy) is 1. The third-order valence-corrected chi connectivity index (χ3v) is 4.67. The number of carbonyl (C=O) groups excluding carboxylic acids is 2. The summed E-state index contributed by atoms with van der Waals surface area (Å²) in [6, 6.07) is 0. The number of hydrogen-bond acceptors (Lipinski definition) is 9. The minimum absolute atomic E-state index is 0.0999. The molecule has 0 aliphatic carbocycles. The molecule has 2 heterocycles. The molecule has 0 spiro atoms. The summed E-state index contributed by atoms with van der Waals surface area (Å²) in [4.78, 5) is 28.2. The SMILES string of the molecule is CCOC(=O)c1sc(NC(=O)CSc2nnc(C)n2N)nc1C. The van der Waals surface area contributed by atoms with E-state index in [1.54, 1.807) is 20.8 Å². The van der Waals surface area contributed by atoms with Crippen LogP contribution in [0.2, 0.25) is 0 Å². The molecule has 0 radical (unpaired) electrons. The van der Waals surface area contributed by atoms with E-state index in [0.29, 0.717) is 26.7 Å². The van der Waals surface area contributed by atoms with Gasteiger partial charge in [-0.1, -0.05) is 23.1 Å². The number of amides is 1. The predicted octanol–water partition coefficient (Wildman–Crippen LogP) is 0.973. The summed E-state index contributed by atoms with van der Waals surface area (Å²) >= 11 is 2.24. The minimum atomic E-state index is -0.441. The number of rotatable bonds is 6. The monoisotopic (exact) mass is 356 g/mol. The zero-order valence-corrected chi connectivity index (χ0v) is 14.5. The van der Waals surface area contributed by atoms with Crippen LogP contribution in [0, 0.1) is 13.8 Å². The van der Waals surface area contributed by atoms with Crippen molar-refractivity contribution in [1.29, 1.82) is 0 Å². The number of nitrogens with two attached hydrogens (primary N) is 1. The van der Waals surface area contributed by atoms with Crippen molar-refractivity contribution in [1.82, 2.24) is 19.9 Å². The number of nitrogen functional groups attached to an aromatic ring is 1. The smallest absolute Gasteiger partial charge is 0.350 e. The first-order valence-corrected chi connectivity index (χ1v) is 8.46. The van der Waals surface area contributed by atoms with Gasteiger partial charge < -0.3 is 15.9 Å². The van der Waals surface area contributed by atoms with Crippen molar-refractivity contribution in [3.05, 3.63) is 16.4 Å². The first-order chi connectivity index (χ1) is 10.9. The average Bonchev–Trinajstić information content (AvgIpc) is 3.01. The van der Waals surface area contributed by atoms with Crippen LogP contribution >= 0.6 is 23.1 Å². The number of thiazole rings is 1. The molecule has 0 bridgehead atoms. The van der Waals surface area contributed by atoms with E-state index in [2.05, 4.69) is 20.5 Å². The molecule has 9 nitrogen and oxygen atoms in total. The van der Waals surface area contributed by atoms with Gasteiger partial charge in [0.2, 0.25) is 11.1 Å². The molecule has 0 unspecified atom stereocenters. The summed E-state index contributed by atoms with van der Waals surface area (Å²) in [6.45, 7) is 5.42. The zero-order chi connectivity index (χ0) is 17.0. The topological polar surface area (TPSA) is 125 Å². The van der Waals surface area contributed by atoms with Crippen molar-refractivity contribution in [2.45, 2.75) is 25.9 Å². The highest BCUT2D eigenvalue weighted by molar-refractivity contribution is 7.99. The average molecular weight is 356 g/mol. The van der Waals surface area contributed by atoms with Gasteiger partial charge in [-0.3, -0.25) is 4.79 Å². The normalized spacial score (nSPS) is 10.6. The Morgan fingerprint density at radius 3 is 2.74 bits per heavy atom. The summed E-state index contributed by atoms with van der Waals surface area (Å²) in [6.07, 6.45) is 0. The van der Waals surface area contributed by atoms with Crippen LogP contribution in [0.3, 0.4) is 0 Å². The second-order valence-electron chi connectivity index (χ2n) is 4.39. The molecule has 2 aromatic rings. The van der Waals surface area contributed by atoms with Crippen LogP contribution in [0.25, 0.3) is 0 Å². The van der Waals surface area contributed by atoms with Crippen molar-refractivity contribution in [2.75, 3.05) is 23.5 Å². The highest BCUT2D eigenvalue weighted by Crippen LogP contribution is 2.24. The molecule has 2 aromatic heterocycles. The van der Waals surface area contributed by atoms with Gasteiger partial charge in [0.15, 0.2) is 5.13 Å². The Hall–Kier alpha value is -2.14. The molecule has 0 fully saturated rings. The third-order valence-electron chi connectivity index (χ3n) is 2.67. The second-order valence-corrected chi connectivity index (χ2v) is 6.33. The molecular weight excluding hydrogens is 340 g/mol. The molecule has 1 amide bonds. The van der Waals surface area contributed by atoms with Crippen LogP contribution in [-0.4, -0.2) is 44.1 Å². The maximum Gasteiger partial charge on any atom is 0.350 e. The van der Waals surface area contributed by atoms with Crippen LogP contribution < -0.4 is 11.2 Å². The van der Waals surface area contributed by atoms with Gasteiger partial charge in [0.25, 0.3) is 0 Å². The quantitative estimate of drug-likeness (QED) is 0.446. The van der Waals surface area contributed by atoms with Gasteiger partial charge in [-0.05, 0) is 20.8 Å². The number of anilines is 1. The highest BCUT2D eigenvalue weighted by atomic mass is 32.2. The number of aromatic nitrogens is 4. The Kier molecular flexibility index (Phi) is 5.55. The predicted molar refractivity (Wildman–Crippen MR) is 87.1 cm³/mol. The van der Waals surface area contributed by atoms with Crippen molar-refractivity contribution >= 4 is 40.1 Å². The fourth-order valence-corrected chi connectivity index (χ4v) is 3.15. The Balaban J connectivity index is 1.94. The number of thioether (sulfide) groups is 1. The lowest BCUT2D eigenvalue weighted by molar-refractivity contribution is -0.113. The van der Waals surface area contributed by atoms with Crippen molar-refractivity contribution in [2.24, 2.45) is 0 Å². The Bertz CT molecular complexity index is 726. The highest BCUT2D eigenvalue weighted by Gasteiger charge is 2.18. The number of nitrogens with zero attached hydrogens (tertiary/aromatic N) is 4.